The molecule has 1 saturated heterocycles. The average molecular weight is 365 g/mol. The molecule has 0 radical (unpaired) electrons. The molecule has 146 valence electrons. The first-order chi connectivity index (χ1) is 12.5. The summed E-state index contributed by atoms with van der Waals surface area (Å²) in [5.74, 6) is 1.68. The van der Waals surface area contributed by atoms with Crippen LogP contribution in [0.4, 0.5) is 4.79 Å². The van der Waals surface area contributed by atoms with Gasteiger partial charge in [0.1, 0.15) is 5.76 Å². The molecule has 2 heterocycles. The highest BCUT2D eigenvalue weighted by atomic mass is 16.6. The summed E-state index contributed by atoms with van der Waals surface area (Å²) >= 11 is 0. The number of carbonyl (C=O) groups is 1. The Labute approximate surface area is 155 Å². The third-order valence-corrected chi connectivity index (χ3v) is 4.54. The lowest BCUT2D eigenvalue weighted by atomic mass is 10.1. The van der Waals surface area contributed by atoms with Gasteiger partial charge in [0.15, 0.2) is 5.96 Å². The Morgan fingerprint density at radius 2 is 2.19 bits per heavy atom. The van der Waals surface area contributed by atoms with Crippen LogP contribution in [0.1, 0.15) is 31.6 Å². The Hall–Kier alpha value is -2.22. The summed E-state index contributed by atoms with van der Waals surface area (Å²) in [5.41, 5.74) is 0. The van der Waals surface area contributed by atoms with Gasteiger partial charge in [0.05, 0.1) is 18.9 Å². The van der Waals surface area contributed by atoms with Crippen molar-refractivity contribution in [1.82, 2.24) is 20.4 Å². The second-order valence-electron chi connectivity index (χ2n) is 6.55. The quantitative estimate of drug-likeness (QED) is 0.589. The maximum absolute atomic E-state index is 11.8. The van der Waals surface area contributed by atoms with Crippen LogP contribution in [0.3, 0.4) is 0 Å². The number of nitrogens with zero attached hydrogens (tertiary/aromatic N) is 3. The van der Waals surface area contributed by atoms with Crippen molar-refractivity contribution in [3.05, 3.63) is 24.2 Å². The minimum Gasteiger partial charge on any atom is -0.468 e. The SMILES string of the molecule is CCOC(=O)N1CCC(NC(=NC)NCC(c2ccco2)N(C)C)CC1. The number of rotatable bonds is 6. The van der Waals surface area contributed by atoms with Crippen LogP contribution in [0.15, 0.2) is 27.8 Å². The zero-order valence-electron chi connectivity index (χ0n) is 16.2. The summed E-state index contributed by atoms with van der Waals surface area (Å²) in [5, 5.41) is 6.82. The Kier molecular flexibility index (Phi) is 7.77. The van der Waals surface area contributed by atoms with Crippen LogP contribution < -0.4 is 10.6 Å². The van der Waals surface area contributed by atoms with E-state index < -0.39 is 0 Å². The molecule has 1 aliphatic rings. The van der Waals surface area contributed by atoms with E-state index in [0.717, 1.165) is 24.6 Å². The van der Waals surface area contributed by atoms with Crippen molar-refractivity contribution in [2.45, 2.75) is 31.8 Å². The van der Waals surface area contributed by atoms with Crippen LogP contribution in [0.25, 0.3) is 0 Å². The van der Waals surface area contributed by atoms with Gasteiger partial charge in [0, 0.05) is 32.7 Å². The van der Waals surface area contributed by atoms with Crippen molar-refractivity contribution < 1.29 is 13.9 Å². The maximum Gasteiger partial charge on any atom is 0.409 e. The molecule has 0 aromatic carbocycles. The first kappa shape index (κ1) is 20.1. The number of aliphatic imine (C=N–C) groups is 1. The molecule has 0 saturated carbocycles. The monoisotopic (exact) mass is 365 g/mol. The molecule has 2 N–H and O–H groups in total. The van der Waals surface area contributed by atoms with Crippen molar-refractivity contribution in [1.29, 1.82) is 0 Å². The largest absolute Gasteiger partial charge is 0.468 e. The van der Waals surface area contributed by atoms with Crippen LogP contribution in [0, 0.1) is 0 Å². The normalized spacial score (nSPS) is 17.3. The highest BCUT2D eigenvalue weighted by Crippen LogP contribution is 2.17. The molecule has 1 atom stereocenters. The van der Waals surface area contributed by atoms with Gasteiger partial charge in [-0.1, -0.05) is 0 Å². The molecule has 1 amide bonds. The second-order valence-corrected chi connectivity index (χ2v) is 6.55. The minimum absolute atomic E-state index is 0.120. The van der Waals surface area contributed by atoms with Gasteiger partial charge in [-0.2, -0.15) is 0 Å². The van der Waals surface area contributed by atoms with E-state index in [0.29, 0.717) is 26.2 Å². The van der Waals surface area contributed by atoms with E-state index >= 15 is 0 Å². The maximum atomic E-state index is 11.8. The minimum atomic E-state index is -0.222. The van der Waals surface area contributed by atoms with Crippen LogP contribution in [-0.2, 0) is 4.74 Å². The van der Waals surface area contributed by atoms with E-state index in [4.69, 9.17) is 9.15 Å². The fourth-order valence-corrected chi connectivity index (χ4v) is 3.02. The summed E-state index contributed by atoms with van der Waals surface area (Å²) in [6.07, 6.45) is 3.21. The summed E-state index contributed by atoms with van der Waals surface area (Å²) < 4.78 is 10.6. The zero-order valence-corrected chi connectivity index (χ0v) is 16.2. The Balaban J connectivity index is 1.80. The summed E-state index contributed by atoms with van der Waals surface area (Å²) in [7, 11) is 5.81. The first-order valence-electron chi connectivity index (χ1n) is 9.13. The molecule has 8 nitrogen and oxygen atoms in total. The number of likely N-dealkylation sites (tertiary alicyclic amines) is 1. The van der Waals surface area contributed by atoms with Crippen molar-refractivity contribution in [2.75, 3.05) is 47.4 Å². The molecule has 26 heavy (non-hydrogen) atoms. The number of nitrogens with one attached hydrogen (secondary N) is 2. The molecule has 0 bridgehead atoms. The number of hydrogen-bond donors (Lipinski definition) is 2. The molecule has 1 unspecified atom stereocenters. The van der Waals surface area contributed by atoms with Crippen molar-refractivity contribution in [2.24, 2.45) is 4.99 Å². The van der Waals surface area contributed by atoms with E-state index in [2.05, 4.69) is 20.5 Å². The molecule has 1 aromatic rings. The van der Waals surface area contributed by atoms with E-state index in [1.807, 2.05) is 33.2 Å². The Morgan fingerprint density at radius 3 is 2.73 bits per heavy atom. The molecular weight excluding hydrogens is 334 g/mol. The molecule has 1 fully saturated rings. The zero-order chi connectivity index (χ0) is 18.9. The van der Waals surface area contributed by atoms with Crippen molar-refractivity contribution in [3.63, 3.8) is 0 Å². The summed E-state index contributed by atoms with van der Waals surface area (Å²) in [6.45, 7) is 4.31. The number of likely N-dealkylation sites (N-methyl/N-ethyl adjacent to an activating group) is 1. The molecule has 0 spiro atoms. The number of piperidine rings is 1. The fourth-order valence-electron chi connectivity index (χ4n) is 3.02. The standard InChI is InChI=1S/C18H31N5O3/c1-5-25-18(24)23-10-8-14(9-11-23)21-17(19-2)20-13-15(22(3)4)16-7-6-12-26-16/h6-7,12,14-15H,5,8-11,13H2,1-4H3,(H2,19,20,21). The van der Waals surface area contributed by atoms with Gasteiger partial charge < -0.3 is 24.7 Å². The highest BCUT2D eigenvalue weighted by molar-refractivity contribution is 5.80. The van der Waals surface area contributed by atoms with Crippen LogP contribution in [-0.4, -0.2) is 75.3 Å². The molecular formula is C18H31N5O3. The van der Waals surface area contributed by atoms with Gasteiger partial charge in [-0.3, -0.25) is 9.89 Å². The summed E-state index contributed by atoms with van der Waals surface area (Å²) in [4.78, 5) is 20.0. The lowest BCUT2D eigenvalue weighted by molar-refractivity contribution is 0.0963. The lowest BCUT2D eigenvalue weighted by Crippen LogP contribution is -2.50. The molecule has 0 aliphatic carbocycles. The van der Waals surface area contributed by atoms with Crippen molar-refractivity contribution >= 4 is 12.1 Å². The summed E-state index contributed by atoms with van der Waals surface area (Å²) in [6, 6.07) is 4.28. The Bertz CT molecular complexity index is 565. The predicted molar refractivity (Wildman–Crippen MR) is 101 cm³/mol. The number of carbonyl (C=O) groups excluding carboxylic acids is 1. The van der Waals surface area contributed by atoms with Crippen LogP contribution in [0.2, 0.25) is 0 Å². The third-order valence-electron chi connectivity index (χ3n) is 4.54. The third kappa shape index (κ3) is 5.66. The van der Waals surface area contributed by atoms with E-state index in [1.165, 1.54) is 0 Å². The molecule has 2 rings (SSSR count). The molecule has 1 aromatic heterocycles. The number of hydrogen-bond acceptors (Lipinski definition) is 5. The second kappa shape index (κ2) is 10.1. The van der Waals surface area contributed by atoms with E-state index in [9.17, 15) is 4.79 Å². The number of ether oxygens (including phenoxy) is 1. The lowest BCUT2D eigenvalue weighted by Gasteiger charge is -2.32. The van der Waals surface area contributed by atoms with Gasteiger partial charge in [0.2, 0.25) is 0 Å². The topological polar surface area (TPSA) is 82.3 Å². The van der Waals surface area contributed by atoms with Gasteiger partial charge in [-0.25, -0.2) is 4.79 Å². The number of guanidine groups is 1. The van der Waals surface area contributed by atoms with Gasteiger partial charge in [0.25, 0.3) is 0 Å². The molecule has 1 aliphatic heterocycles. The predicted octanol–water partition coefficient (Wildman–Crippen LogP) is 1.67. The van der Waals surface area contributed by atoms with Crippen LogP contribution in [0.5, 0.6) is 0 Å². The highest BCUT2D eigenvalue weighted by Gasteiger charge is 2.24. The van der Waals surface area contributed by atoms with Gasteiger partial charge >= 0.3 is 6.09 Å². The van der Waals surface area contributed by atoms with Gasteiger partial charge in [-0.15, -0.1) is 0 Å². The smallest absolute Gasteiger partial charge is 0.409 e. The fraction of sp³-hybridized carbons (Fsp3) is 0.667. The van der Waals surface area contributed by atoms with E-state index in [1.54, 1.807) is 18.2 Å². The van der Waals surface area contributed by atoms with Crippen molar-refractivity contribution in [3.8, 4) is 0 Å². The van der Waals surface area contributed by atoms with Gasteiger partial charge in [-0.05, 0) is 46.0 Å². The Morgan fingerprint density at radius 1 is 1.46 bits per heavy atom. The van der Waals surface area contributed by atoms with Crippen LogP contribution >= 0.6 is 0 Å². The molecule has 8 heteroatoms. The number of furan rings is 1. The average Bonchev–Trinajstić information content (AvgIpc) is 3.15. The number of amides is 1. The first-order valence-corrected chi connectivity index (χ1v) is 9.13. The van der Waals surface area contributed by atoms with E-state index in [-0.39, 0.29) is 18.2 Å².